The van der Waals surface area contributed by atoms with Gasteiger partial charge in [0.25, 0.3) is 11.8 Å². The van der Waals surface area contributed by atoms with E-state index in [-0.39, 0.29) is 36.2 Å². The van der Waals surface area contributed by atoms with Gasteiger partial charge in [0.1, 0.15) is 23.8 Å². The maximum Gasteiger partial charge on any atom is 0.274 e. The lowest BCUT2D eigenvalue weighted by Crippen LogP contribution is -2.37. The molecule has 3 heterocycles. The quantitative estimate of drug-likeness (QED) is 0.603. The Morgan fingerprint density at radius 3 is 2.74 bits per heavy atom. The summed E-state index contributed by atoms with van der Waals surface area (Å²) >= 11 is 0. The number of nitrogens with one attached hydrogen (secondary N) is 2. The number of nitrogens with zero attached hydrogens (tertiary/aromatic N) is 3. The van der Waals surface area contributed by atoms with Gasteiger partial charge in [-0.15, -0.1) is 0 Å². The van der Waals surface area contributed by atoms with Gasteiger partial charge in [-0.05, 0) is 39.0 Å². The molecule has 0 bridgehead atoms. The van der Waals surface area contributed by atoms with Crippen LogP contribution in [0.1, 0.15) is 51.8 Å². The molecule has 3 aromatic rings. The zero-order chi connectivity index (χ0) is 22.0. The fourth-order valence-corrected chi connectivity index (χ4v) is 3.51. The lowest BCUT2D eigenvalue weighted by Gasteiger charge is -2.12. The summed E-state index contributed by atoms with van der Waals surface area (Å²) < 4.78 is 12.8. The molecular formula is C22H25N5O4. The number of hydrogen-bond donors (Lipinski definition) is 2. The summed E-state index contributed by atoms with van der Waals surface area (Å²) in [5.41, 5.74) is 2.13. The Morgan fingerprint density at radius 1 is 1.26 bits per heavy atom. The van der Waals surface area contributed by atoms with Gasteiger partial charge in [-0.25, -0.2) is 0 Å². The second-order valence-electron chi connectivity index (χ2n) is 7.87. The molecular weight excluding hydrogens is 398 g/mol. The number of para-hydroxylation sites is 1. The predicted octanol–water partition coefficient (Wildman–Crippen LogP) is 2.25. The monoisotopic (exact) mass is 423 g/mol. The van der Waals surface area contributed by atoms with Gasteiger partial charge in [-0.1, -0.05) is 23.4 Å². The number of ether oxygens (including phenoxy) is 1. The Morgan fingerprint density at radius 2 is 2.03 bits per heavy atom. The van der Waals surface area contributed by atoms with Crippen molar-refractivity contribution in [3.8, 4) is 5.75 Å². The van der Waals surface area contributed by atoms with Crippen LogP contribution < -0.4 is 15.4 Å². The van der Waals surface area contributed by atoms with Crippen molar-refractivity contribution in [2.24, 2.45) is 0 Å². The number of fused-ring (bicyclic) bond motifs is 1. The molecule has 1 aromatic carbocycles. The zero-order valence-electron chi connectivity index (χ0n) is 17.7. The van der Waals surface area contributed by atoms with Gasteiger partial charge in [0.15, 0.2) is 5.69 Å². The summed E-state index contributed by atoms with van der Waals surface area (Å²) in [6, 6.07) is 11.0. The minimum absolute atomic E-state index is 0.0436. The van der Waals surface area contributed by atoms with E-state index in [0.29, 0.717) is 35.7 Å². The Bertz CT molecular complexity index is 1060. The third kappa shape index (κ3) is 4.60. The minimum Gasteiger partial charge on any atom is -0.489 e. The van der Waals surface area contributed by atoms with Crippen molar-refractivity contribution in [2.45, 2.75) is 52.4 Å². The first kappa shape index (κ1) is 20.6. The molecule has 2 N–H and O–H groups in total. The molecule has 2 aromatic heterocycles. The predicted molar refractivity (Wildman–Crippen MR) is 112 cm³/mol. The van der Waals surface area contributed by atoms with Crippen molar-refractivity contribution in [3.05, 3.63) is 64.8 Å². The standard InChI is InChI=1S/C22H25N5O4/c1-13(2)23-21(28)19-10-16-9-15(11-27(16)25-19)24-22(29)20-18(14(3)31-26-20)12-30-17-7-5-4-6-8-17/h4-8,10,13,15H,9,11-12H2,1-3H3,(H,23,28)(H,24,29)/t15-/m0/s1. The molecule has 1 aliphatic rings. The molecule has 1 aliphatic heterocycles. The van der Waals surface area contributed by atoms with E-state index in [1.54, 1.807) is 17.7 Å². The van der Waals surface area contributed by atoms with E-state index in [1.165, 1.54) is 0 Å². The van der Waals surface area contributed by atoms with Crippen LogP contribution in [0.3, 0.4) is 0 Å². The number of hydrogen-bond acceptors (Lipinski definition) is 6. The molecule has 0 spiro atoms. The lowest BCUT2D eigenvalue weighted by atomic mass is 10.1. The van der Waals surface area contributed by atoms with Crippen LogP contribution in [-0.2, 0) is 19.6 Å². The van der Waals surface area contributed by atoms with E-state index >= 15 is 0 Å². The highest BCUT2D eigenvalue weighted by Crippen LogP contribution is 2.20. The Labute approximate surface area is 179 Å². The molecule has 1 atom stereocenters. The third-order valence-electron chi connectivity index (χ3n) is 5.03. The van der Waals surface area contributed by atoms with E-state index < -0.39 is 0 Å². The first-order chi connectivity index (χ1) is 14.9. The summed E-state index contributed by atoms with van der Waals surface area (Å²) in [6.45, 7) is 6.23. The maximum absolute atomic E-state index is 12.8. The first-order valence-electron chi connectivity index (χ1n) is 10.2. The van der Waals surface area contributed by atoms with E-state index in [9.17, 15) is 9.59 Å². The number of rotatable bonds is 7. The summed E-state index contributed by atoms with van der Waals surface area (Å²) in [6.07, 6.45) is 0.584. The molecule has 9 heteroatoms. The Kier molecular flexibility index (Phi) is 5.75. The van der Waals surface area contributed by atoms with E-state index in [1.807, 2.05) is 44.2 Å². The van der Waals surface area contributed by atoms with E-state index in [2.05, 4.69) is 20.9 Å². The molecule has 2 amide bonds. The SMILES string of the molecule is Cc1onc(C(=O)N[C@H]2Cc3cc(C(=O)NC(C)C)nn3C2)c1COc1ccccc1. The number of aryl methyl sites for hydroxylation is 1. The van der Waals surface area contributed by atoms with Crippen LogP contribution in [0, 0.1) is 6.92 Å². The molecule has 0 radical (unpaired) electrons. The molecule has 0 unspecified atom stereocenters. The topological polar surface area (TPSA) is 111 Å². The van der Waals surface area contributed by atoms with Gasteiger partial charge >= 0.3 is 0 Å². The number of carbonyl (C=O) groups is 2. The van der Waals surface area contributed by atoms with Crippen molar-refractivity contribution in [3.63, 3.8) is 0 Å². The molecule has 0 fully saturated rings. The lowest BCUT2D eigenvalue weighted by molar-refractivity contribution is 0.0917. The maximum atomic E-state index is 12.8. The molecule has 0 aliphatic carbocycles. The summed E-state index contributed by atoms with van der Waals surface area (Å²) in [5, 5.41) is 14.1. The van der Waals surface area contributed by atoms with Crippen LogP contribution in [0.2, 0.25) is 0 Å². The highest BCUT2D eigenvalue weighted by molar-refractivity contribution is 5.94. The van der Waals surface area contributed by atoms with Crippen LogP contribution in [0.4, 0.5) is 0 Å². The van der Waals surface area contributed by atoms with Gasteiger partial charge in [0, 0.05) is 18.2 Å². The second kappa shape index (κ2) is 8.63. The summed E-state index contributed by atoms with van der Waals surface area (Å²) in [4.78, 5) is 25.0. The molecule has 0 saturated carbocycles. The fourth-order valence-electron chi connectivity index (χ4n) is 3.51. The highest BCUT2D eigenvalue weighted by Gasteiger charge is 2.29. The van der Waals surface area contributed by atoms with Crippen molar-refractivity contribution >= 4 is 11.8 Å². The molecule has 0 saturated heterocycles. The second-order valence-corrected chi connectivity index (χ2v) is 7.87. The highest BCUT2D eigenvalue weighted by atomic mass is 16.5. The average Bonchev–Trinajstić information content (AvgIpc) is 3.39. The molecule has 4 rings (SSSR count). The largest absolute Gasteiger partial charge is 0.489 e. The first-order valence-corrected chi connectivity index (χ1v) is 10.2. The van der Waals surface area contributed by atoms with Gasteiger partial charge < -0.3 is 19.9 Å². The minimum atomic E-state index is -0.322. The zero-order valence-corrected chi connectivity index (χ0v) is 17.7. The number of benzene rings is 1. The van der Waals surface area contributed by atoms with Gasteiger partial charge in [0.2, 0.25) is 0 Å². The van der Waals surface area contributed by atoms with Crippen LogP contribution >= 0.6 is 0 Å². The molecule has 9 nitrogen and oxygen atoms in total. The van der Waals surface area contributed by atoms with Crippen LogP contribution in [0.5, 0.6) is 5.75 Å². The van der Waals surface area contributed by atoms with Crippen molar-refractivity contribution < 1.29 is 18.8 Å². The molecule has 31 heavy (non-hydrogen) atoms. The Hall–Kier alpha value is -3.62. The fraction of sp³-hybridized carbons (Fsp3) is 0.364. The average molecular weight is 423 g/mol. The number of aromatic nitrogens is 3. The van der Waals surface area contributed by atoms with Crippen molar-refractivity contribution in [2.75, 3.05) is 0 Å². The van der Waals surface area contributed by atoms with Crippen molar-refractivity contribution in [1.29, 1.82) is 0 Å². The van der Waals surface area contributed by atoms with E-state index in [0.717, 1.165) is 5.69 Å². The number of carbonyl (C=O) groups excluding carboxylic acids is 2. The van der Waals surface area contributed by atoms with Crippen molar-refractivity contribution in [1.82, 2.24) is 25.6 Å². The van der Waals surface area contributed by atoms with E-state index in [4.69, 9.17) is 9.26 Å². The van der Waals surface area contributed by atoms with Crippen LogP contribution in [0.15, 0.2) is 40.9 Å². The summed E-state index contributed by atoms with van der Waals surface area (Å²) in [5.74, 6) is 0.727. The molecule has 162 valence electrons. The summed E-state index contributed by atoms with van der Waals surface area (Å²) in [7, 11) is 0. The van der Waals surface area contributed by atoms with Crippen LogP contribution in [0.25, 0.3) is 0 Å². The smallest absolute Gasteiger partial charge is 0.274 e. The van der Waals surface area contributed by atoms with Gasteiger partial charge in [0.05, 0.1) is 18.2 Å². The normalized spacial score (nSPS) is 15.0. The van der Waals surface area contributed by atoms with Gasteiger partial charge in [-0.3, -0.25) is 14.3 Å². The number of amides is 2. The Balaban J connectivity index is 1.38. The van der Waals surface area contributed by atoms with Gasteiger partial charge in [-0.2, -0.15) is 5.10 Å². The third-order valence-corrected chi connectivity index (χ3v) is 5.03. The van der Waals surface area contributed by atoms with Crippen LogP contribution in [-0.4, -0.2) is 38.8 Å².